The molecule has 1 fully saturated rings. The van der Waals surface area contributed by atoms with Gasteiger partial charge in [-0.3, -0.25) is 0 Å². The van der Waals surface area contributed by atoms with Gasteiger partial charge in [-0.1, -0.05) is 12.1 Å². The zero-order valence-electron chi connectivity index (χ0n) is 11.9. The molecule has 0 saturated carbocycles. The molecule has 1 aromatic heterocycles. The average Bonchev–Trinajstić information content (AvgIpc) is 2.84. The van der Waals surface area contributed by atoms with Crippen molar-refractivity contribution >= 4 is 28.3 Å². The molecule has 1 atom stereocenters. The lowest BCUT2D eigenvalue weighted by molar-refractivity contribution is 0.371. The molecule has 3 rings (SSSR count). The molecule has 1 unspecified atom stereocenters. The van der Waals surface area contributed by atoms with E-state index in [1.807, 2.05) is 18.2 Å². The van der Waals surface area contributed by atoms with Crippen LogP contribution in [-0.2, 0) is 0 Å². The van der Waals surface area contributed by atoms with Crippen molar-refractivity contribution in [1.82, 2.24) is 14.9 Å². The number of halogens is 1. The second kappa shape index (κ2) is 5.54. The van der Waals surface area contributed by atoms with Gasteiger partial charge < -0.3 is 9.80 Å². The van der Waals surface area contributed by atoms with E-state index in [9.17, 15) is 0 Å². The van der Waals surface area contributed by atoms with Gasteiger partial charge in [0.15, 0.2) is 0 Å². The van der Waals surface area contributed by atoms with E-state index in [0.29, 0.717) is 11.3 Å². The second-order valence-corrected chi connectivity index (χ2v) is 5.92. The number of rotatable bonds is 3. The molecule has 0 bridgehead atoms. The van der Waals surface area contributed by atoms with Crippen LogP contribution in [0.4, 0.5) is 5.82 Å². The predicted octanol–water partition coefficient (Wildman–Crippen LogP) is 2.81. The summed E-state index contributed by atoms with van der Waals surface area (Å²) in [7, 11) is 4.23. The van der Waals surface area contributed by atoms with Crippen LogP contribution in [0.15, 0.2) is 24.3 Å². The number of anilines is 1. The fourth-order valence-corrected chi connectivity index (χ4v) is 3.15. The molecule has 2 heterocycles. The Hall–Kier alpha value is -1.39. The molecule has 1 saturated heterocycles. The molecule has 2 aromatic rings. The quantitative estimate of drug-likeness (QED) is 0.814. The van der Waals surface area contributed by atoms with Crippen LogP contribution in [0.1, 0.15) is 12.8 Å². The van der Waals surface area contributed by atoms with Crippen LogP contribution in [-0.4, -0.2) is 48.1 Å². The molecule has 106 valence electrons. The van der Waals surface area contributed by atoms with E-state index in [2.05, 4.69) is 39.9 Å². The van der Waals surface area contributed by atoms with Gasteiger partial charge >= 0.3 is 0 Å². The van der Waals surface area contributed by atoms with E-state index in [4.69, 9.17) is 11.6 Å². The molecule has 5 heteroatoms. The summed E-state index contributed by atoms with van der Waals surface area (Å²) in [6.45, 7) is 2.08. The Morgan fingerprint density at radius 2 is 2.10 bits per heavy atom. The van der Waals surface area contributed by atoms with Crippen molar-refractivity contribution in [1.29, 1.82) is 0 Å². The maximum Gasteiger partial charge on any atom is 0.224 e. The average molecular weight is 291 g/mol. The number of hydrogen-bond donors (Lipinski definition) is 0. The third kappa shape index (κ3) is 2.58. The van der Waals surface area contributed by atoms with Gasteiger partial charge in [-0.15, -0.1) is 0 Å². The molecule has 0 spiro atoms. The van der Waals surface area contributed by atoms with Gasteiger partial charge in [0.2, 0.25) is 5.28 Å². The van der Waals surface area contributed by atoms with Gasteiger partial charge in [-0.25, -0.2) is 4.98 Å². The summed E-state index contributed by atoms with van der Waals surface area (Å²) in [6.07, 6.45) is 2.41. The number of aromatic nitrogens is 2. The minimum atomic E-state index is 0.328. The van der Waals surface area contributed by atoms with Crippen LogP contribution in [0.5, 0.6) is 0 Å². The van der Waals surface area contributed by atoms with Crippen molar-refractivity contribution in [2.45, 2.75) is 18.9 Å². The van der Waals surface area contributed by atoms with Crippen LogP contribution < -0.4 is 4.90 Å². The monoisotopic (exact) mass is 290 g/mol. The van der Waals surface area contributed by atoms with Gasteiger partial charge in [0, 0.05) is 24.5 Å². The van der Waals surface area contributed by atoms with Crippen LogP contribution >= 0.6 is 11.6 Å². The Morgan fingerprint density at radius 3 is 2.90 bits per heavy atom. The molecule has 0 amide bonds. The number of benzene rings is 1. The first-order valence-electron chi connectivity index (χ1n) is 6.99. The van der Waals surface area contributed by atoms with Gasteiger partial charge in [-0.2, -0.15) is 4.98 Å². The summed E-state index contributed by atoms with van der Waals surface area (Å²) in [5, 5.41) is 1.41. The number of nitrogens with zero attached hydrogens (tertiary/aromatic N) is 4. The molecule has 0 N–H and O–H groups in total. The fraction of sp³-hybridized carbons (Fsp3) is 0.467. The molecule has 0 aliphatic carbocycles. The molecule has 1 aliphatic rings. The van der Waals surface area contributed by atoms with Crippen molar-refractivity contribution in [3.63, 3.8) is 0 Å². The van der Waals surface area contributed by atoms with E-state index >= 15 is 0 Å². The van der Waals surface area contributed by atoms with Gasteiger partial charge in [0.25, 0.3) is 0 Å². The summed E-state index contributed by atoms with van der Waals surface area (Å²) >= 11 is 6.10. The third-order valence-electron chi connectivity index (χ3n) is 3.78. The first-order valence-corrected chi connectivity index (χ1v) is 7.36. The van der Waals surface area contributed by atoms with Crippen LogP contribution in [0.25, 0.3) is 10.9 Å². The Kier molecular flexibility index (Phi) is 3.76. The first kappa shape index (κ1) is 13.6. The van der Waals surface area contributed by atoms with Crippen LogP contribution in [0.2, 0.25) is 5.28 Å². The highest BCUT2D eigenvalue weighted by molar-refractivity contribution is 6.28. The van der Waals surface area contributed by atoms with Crippen LogP contribution in [0.3, 0.4) is 0 Å². The SMILES string of the molecule is CN(C)CC1CCCN1c1nc(Cl)nc2ccccc12. The zero-order chi connectivity index (χ0) is 14.1. The normalized spacial score (nSPS) is 19.2. The summed E-state index contributed by atoms with van der Waals surface area (Å²) in [5.74, 6) is 0.977. The number of likely N-dealkylation sites (N-methyl/N-ethyl adjacent to an activating group) is 1. The zero-order valence-corrected chi connectivity index (χ0v) is 12.6. The van der Waals surface area contributed by atoms with Crippen molar-refractivity contribution in [3.8, 4) is 0 Å². The summed E-state index contributed by atoms with van der Waals surface area (Å²) in [4.78, 5) is 13.4. The lowest BCUT2D eigenvalue weighted by Gasteiger charge is -2.28. The summed E-state index contributed by atoms with van der Waals surface area (Å²) < 4.78 is 0. The molecule has 1 aromatic carbocycles. The Labute approximate surface area is 124 Å². The maximum absolute atomic E-state index is 6.10. The van der Waals surface area contributed by atoms with Gasteiger partial charge in [0.1, 0.15) is 5.82 Å². The van der Waals surface area contributed by atoms with E-state index in [-0.39, 0.29) is 0 Å². The van der Waals surface area contributed by atoms with Crippen molar-refractivity contribution in [3.05, 3.63) is 29.5 Å². The highest BCUT2D eigenvalue weighted by Crippen LogP contribution is 2.31. The molecule has 0 radical (unpaired) electrons. The second-order valence-electron chi connectivity index (χ2n) is 5.59. The topological polar surface area (TPSA) is 32.3 Å². The van der Waals surface area contributed by atoms with E-state index in [1.54, 1.807) is 0 Å². The Bertz CT molecular complexity index is 614. The third-order valence-corrected chi connectivity index (χ3v) is 3.95. The molecular formula is C15H19ClN4. The highest BCUT2D eigenvalue weighted by Gasteiger charge is 2.27. The van der Waals surface area contributed by atoms with Crippen LogP contribution in [0, 0.1) is 0 Å². The maximum atomic E-state index is 6.10. The van der Waals surface area contributed by atoms with E-state index in [0.717, 1.165) is 29.8 Å². The number of para-hydroxylation sites is 1. The van der Waals surface area contributed by atoms with Crippen molar-refractivity contribution in [2.75, 3.05) is 32.1 Å². The lowest BCUT2D eigenvalue weighted by Crippen LogP contribution is -2.38. The van der Waals surface area contributed by atoms with E-state index in [1.165, 1.54) is 12.8 Å². The molecule has 1 aliphatic heterocycles. The largest absolute Gasteiger partial charge is 0.352 e. The fourth-order valence-electron chi connectivity index (χ4n) is 2.98. The highest BCUT2D eigenvalue weighted by atomic mass is 35.5. The predicted molar refractivity (Wildman–Crippen MR) is 83.5 cm³/mol. The molecule has 20 heavy (non-hydrogen) atoms. The number of fused-ring (bicyclic) bond motifs is 1. The summed E-state index contributed by atoms with van der Waals surface area (Å²) in [5.41, 5.74) is 0.915. The standard InChI is InChI=1S/C15H19ClN4/c1-19(2)10-11-6-5-9-20(11)14-12-7-3-4-8-13(12)17-15(16)18-14/h3-4,7-8,11H,5-6,9-10H2,1-2H3. The van der Waals surface area contributed by atoms with Crippen molar-refractivity contribution in [2.24, 2.45) is 0 Å². The molecule has 4 nitrogen and oxygen atoms in total. The Balaban J connectivity index is 2.04. The van der Waals surface area contributed by atoms with Gasteiger partial charge in [-0.05, 0) is 50.7 Å². The van der Waals surface area contributed by atoms with E-state index < -0.39 is 0 Å². The smallest absolute Gasteiger partial charge is 0.224 e. The Morgan fingerprint density at radius 1 is 1.30 bits per heavy atom. The van der Waals surface area contributed by atoms with Gasteiger partial charge in [0.05, 0.1) is 5.52 Å². The van der Waals surface area contributed by atoms with Crippen molar-refractivity contribution < 1.29 is 0 Å². The first-order chi connectivity index (χ1) is 9.65. The summed E-state index contributed by atoms with van der Waals surface area (Å²) in [6, 6.07) is 8.58. The lowest BCUT2D eigenvalue weighted by atomic mass is 10.2. The minimum Gasteiger partial charge on any atom is -0.352 e. The minimum absolute atomic E-state index is 0.328. The molecular weight excluding hydrogens is 272 g/mol. The number of hydrogen-bond acceptors (Lipinski definition) is 4.